The molecule has 0 radical (unpaired) electrons. The first kappa shape index (κ1) is 13.7. The fourth-order valence-electron chi connectivity index (χ4n) is 4.32. The minimum atomic E-state index is -2.72. The number of nitrogens with zero attached hydrogens (tertiary/aromatic N) is 2. The number of likely N-dealkylation sites (N-methyl/N-ethyl adjacent to an activating group) is 1. The van der Waals surface area contributed by atoms with E-state index in [-0.39, 0.29) is 17.9 Å². The van der Waals surface area contributed by atoms with Crippen molar-refractivity contribution in [1.29, 1.82) is 0 Å². The number of aromatic hydroxyl groups is 2. The van der Waals surface area contributed by atoms with Gasteiger partial charge in [0.05, 0.1) is 12.6 Å². The molecule has 1 fully saturated rings. The van der Waals surface area contributed by atoms with Crippen molar-refractivity contribution in [2.75, 3.05) is 13.5 Å². The Balaban J connectivity index is 1.73. The molecule has 0 saturated carbocycles. The van der Waals surface area contributed by atoms with Gasteiger partial charge < -0.3 is 25.0 Å². The van der Waals surface area contributed by atoms with E-state index < -0.39 is 37.4 Å². The molecule has 5 rings (SSSR count). The quantitative estimate of drug-likeness (QED) is 0.562. The summed E-state index contributed by atoms with van der Waals surface area (Å²) in [7, 11) is 0. The normalized spacial score (nSPS) is 23.8. The van der Waals surface area contributed by atoms with Crippen LogP contribution >= 0.6 is 0 Å². The molecule has 3 aromatic rings. The predicted molar refractivity (Wildman–Crippen MR) is 102 cm³/mol. The van der Waals surface area contributed by atoms with Gasteiger partial charge in [0.15, 0.2) is 11.5 Å². The highest BCUT2D eigenvalue weighted by molar-refractivity contribution is 5.97. The molecule has 142 valence electrons. The molecule has 1 saturated heterocycles. The lowest BCUT2D eigenvalue weighted by Gasteiger charge is -2.46. The maximum atomic E-state index is 13.2. The molecule has 7 heteroatoms. The summed E-state index contributed by atoms with van der Waals surface area (Å²) < 4.78 is 23.0. The summed E-state index contributed by atoms with van der Waals surface area (Å²) in [5, 5.41) is 20.7. The Hall–Kier alpha value is -3.48. The number of benzene rings is 2. The standard InChI is InChI=1S/C21H19N3O4/c1-23-10-18(27)24-15(21(23)28)9-13-12-4-2-3-5-14(12)22-19(13)20(24)11-6-7-16(25)17(26)8-11/h2-8,15,20,22,25-26H,9-10H2,1H3/t15-,20-/m0/s1/i1D3. The Bertz CT molecular complexity index is 1240. The lowest BCUT2D eigenvalue weighted by atomic mass is 9.86. The molecule has 0 unspecified atom stereocenters. The molecular weight excluding hydrogens is 358 g/mol. The number of aromatic nitrogens is 1. The molecule has 0 aliphatic carbocycles. The van der Waals surface area contributed by atoms with Crippen LogP contribution in [-0.2, 0) is 16.0 Å². The van der Waals surface area contributed by atoms with E-state index in [4.69, 9.17) is 4.11 Å². The van der Waals surface area contributed by atoms with Crippen LogP contribution < -0.4 is 0 Å². The second-order valence-electron chi connectivity index (χ2n) is 7.16. The van der Waals surface area contributed by atoms with E-state index in [0.717, 1.165) is 16.5 Å². The summed E-state index contributed by atoms with van der Waals surface area (Å²) in [5.41, 5.74) is 2.85. The topological polar surface area (TPSA) is 96.9 Å². The van der Waals surface area contributed by atoms with E-state index in [1.54, 1.807) is 6.07 Å². The van der Waals surface area contributed by atoms with Gasteiger partial charge in [-0.05, 0) is 29.3 Å². The molecule has 3 N–H and O–H groups in total. The van der Waals surface area contributed by atoms with Crippen LogP contribution in [0, 0.1) is 0 Å². The third kappa shape index (κ3) is 2.22. The minimum Gasteiger partial charge on any atom is -0.504 e. The number of nitrogens with one attached hydrogen (secondary N) is 1. The summed E-state index contributed by atoms with van der Waals surface area (Å²) in [5.74, 6) is -1.79. The van der Waals surface area contributed by atoms with Crippen LogP contribution in [0.5, 0.6) is 11.5 Å². The van der Waals surface area contributed by atoms with Gasteiger partial charge in [-0.2, -0.15) is 0 Å². The molecule has 0 spiro atoms. The largest absolute Gasteiger partial charge is 0.504 e. The van der Waals surface area contributed by atoms with Crippen molar-refractivity contribution in [3.05, 3.63) is 59.3 Å². The molecule has 3 heterocycles. The summed E-state index contributed by atoms with van der Waals surface area (Å²) in [4.78, 5) is 31.7. The zero-order valence-electron chi connectivity index (χ0n) is 17.7. The maximum Gasteiger partial charge on any atom is 0.245 e. The fraction of sp³-hybridized carbons (Fsp3) is 0.238. The SMILES string of the molecule is [2H]C([2H])([2H])N1CC(=O)N2[C@@H](c3ccc(O)c(O)c3)c3[nH]c4ccccc4c3C[C@H]2C1=O. The van der Waals surface area contributed by atoms with Crippen LogP contribution in [0.1, 0.15) is 27.0 Å². The average Bonchev–Trinajstić information content (AvgIpc) is 3.09. The predicted octanol–water partition coefficient (Wildman–Crippen LogP) is 1.89. The van der Waals surface area contributed by atoms with E-state index in [1.807, 2.05) is 24.3 Å². The number of phenolic OH excluding ortho intramolecular Hbond substituents is 2. The van der Waals surface area contributed by atoms with Crippen molar-refractivity contribution in [1.82, 2.24) is 14.8 Å². The minimum absolute atomic E-state index is 0.178. The van der Waals surface area contributed by atoms with Crippen LogP contribution in [0.3, 0.4) is 0 Å². The summed E-state index contributed by atoms with van der Waals surface area (Å²) in [6, 6.07) is 10.0. The van der Waals surface area contributed by atoms with Crippen molar-refractivity contribution in [2.45, 2.75) is 18.5 Å². The highest BCUT2D eigenvalue weighted by Crippen LogP contribution is 2.43. The number of carbonyl (C=O) groups is 2. The van der Waals surface area contributed by atoms with Crippen molar-refractivity contribution in [2.24, 2.45) is 0 Å². The third-order valence-electron chi connectivity index (χ3n) is 5.58. The Morgan fingerprint density at radius 3 is 2.75 bits per heavy atom. The number of H-pyrrole nitrogens is 1. The number of fused-ring (bicyclic) bond motifs is 4. The van der Waals surface area contributed by atoms with Gasteiger partial charge in [-0.15, -0.1) is 0 Å². The van der Waals surface area contributed by atoms with Gasteiger partial charge in [0, 0.05) is 34.1 Å². The first-order valence-electron chi connectivity index (χ1n) is 10.4. The van der Waals surface area contributed by atoms with Gasteiger partial charge in [-0.1, -0.05) is 24.3 Å². The number of carbonyl (C=O) groups excluding carboxylic acids is 2. The number of amides is 2. The number of rotatable bonds is 1. The Labute approximate surface area is 165 Å². The van der Waals surface area contributed by atoms with Crippen molar-refractivity contribution in [3.8, 4) is 11.5 Å². The second kappa shape index (κ2) is 5.76. The molecule has 0 bridgehead atoms. The highest BCUT2D eigenvalue weighted by Gasteiger charge is 2.47. The van der Waals surface area contributed by atoms with Gasteiger partial charge >= 0.3 is 0 Å². The molecule has 2 aromatic carbocycles. The number of hydrogen-bond acceptors (Lipinski definition) is 4. The summed E-state index contributed by atoms with van der Waals surface area (Å²) >= 11 is 0. The number of piperazine rings is 1. The second-order valence-corrected chi connectivity index (χ2v) is 7.16. The van der Waals surface area contributed by atoms with Gasteiger partial charge in [0.1, 0.15) is 6.04 Å². The summed E-state index contributed by atoms with van der Waals surface area (Å²) in [6.45, 7) is -3.27. The maximum absolute atomic E-state index is 13.2. The fourth-order valence-corrected chi connectivity index (χ4v) is 4.32. The van der Waals surface area contributed by atoms with Crippen LogP contribution in [0.15, 0.2) is 42.5 Å². The summed E-state index contributed by atoms with van der Waals surface area (Å²) in [6.07, 6.45) is 0.178. The van der Waals surface area contributed by atoms with Crippen LogP contribution in [0.4, 0.5) is 0 Å². The van der Waals surface area contributed by atoms with Crippen LogP contribution in [-0.4, -0.2) is 56.4 Å². The van der Waals surface area contributed by atoms with Crippen LogP contribution in [0.2, 0.25) is 0 Å². The average molecular weight is 380 g/mol. The Morgan fingerprint density at radius 1 is 1.14 bits per heavy atom. The van der Waals surface area contributed by atoms with Gasteiger partial charge in [-0.3, -0.25) is 9.59 Å². The molecule has 2 aliphatic rings. The van der Waals surface area contributed by atoms with Crippen molar-refractivity contribution < 1.29 is 23.9 Å². The molecule has 2 amide bonds. The van der Waals surface area contributed by atoms with Gasteiger partial charge in [0.2, 0.25) is 11.8 Å². The molecule has 2 aliphatic heterocycles. The van der Waals surface area contributed by atoms with E-state index >= 15 is 0 Å². The highest BCUT2D eigenvalue weighted by atomic mass is 16.3. The Kier molecular flexibility index (Phi) is 2.81. The first-order chi connectivity index (χ1) is 14.7. The lowest BCUT2D eigenvalue weighted by molar-refractivity contribution is -0.157. The number of phenols is 2. The molecule has 1 aromatic heterocycles. The van der Waals surface area contributed by atoms with Crippen LogP contribution in [0.25, 0.3) is 10.9 Å². The Morgan fingerprint density at radius 2 is 1.96 bits per heavy atom. The molecular formula is C21H19N3O4. The molecule has 7 nitrogen and oxygen atoms in total. The smallest absolute Gasteiger partial charge is 0.245 e. The molecule has 2 atom stereocenters. The zero-order valence-corrected chi connectivity index (χ0v) is 14.7. The first-order valence-corrected chi connectivity index (χ1v) is 8.91. The van der Waals surface area contributed by atoms with E-state index in [2.05, 4.69) is 4.98 Å². The van der Waals surface area contributed by atoms with Gasteiger partial charge in [0.25, 0.3) is 0 Å². The van der Waals surface area contributed by atoms with Crippen molar-refractivity contribution >= 4 is 22.7 Å². The number of aromatic amines is 1. The number of hydrogen-bond donors (Lipinski definition) is 3. The van der Waals surface area contributed by atoms with Gasteiger partial charge in [-0.25, -0.2) is 0 Å². The van der Waals surface area contributed by atoms with E-state index in [1.165, 1.54) is 17.0 Å². The molecule has 28 heavy (non-hydrogen) atoms. The monoisotopic (exact) mass is 380 g/mol. The number of para-hydroxylation sites is 1. The van der Waals surface area contributed by atoms with Crippen molar-refractivity contribution in [3.63, 3.8) is 0 Å². The zero-order chi connectivity index (χ0) is 22.1. The van der Waals surface area contributed by atoms with E-state index in [9.17, 15) is 19.8 Å². The lowest BCUT2D eigenvalue weighted by Crippen LogP contribution is -2.62. The van der Waals surface area contributed by atoms with E-state index in [0.29, 0.717) is 16.2 Å². The third-order valence-corrected chi connectivity index (χ3v) is 5.58.